The molecule has 0 radical (unpaired) electrons. The maximum absolute atomic E-state index is 11.4. The molecule has 1 heterocycles. The minimum absolute atomic E-state index is 0.0346. The van der Waals surface area contributed by atoms with Crippen molar-refractivity contribution in [1.82, 2.24) is 9.80 Å². The van der Waals surface area contributed by atoms with Gasteiger partial charge in [0.25, 0.3) is 0 Å². The van der Waals surface area contributed by atoms with Crippen LogP contribution in [0.4, 0.5) is 0 Å². The molecule has 0 aromatic rings. The monoisotopic (exact) mass is 202 g/mol. The van der Waals surface area contributed by atoms with Crippen LogP contribution in [0, 0.1) is 0 Å². The molecule has 0 aromatic heterocycles. The third-order valence-corrected chi connectivity index (χ3v) is 2.40. The Hall–Kier alpha value is -0.650. The lowest BCUT2D eigenvalue weighted by Crippen LogP contribution is -2.51. The fourth-order valence-electron chi connectivity index (χ4n) is 1.38. The molecule has 1 saturated heterocycles. The number of ether oxygens (including phenoxy) is 1. The van der Waals surface area contributed by atoms with Crippen molar-refractivity contribution in [2.24, 2.45) is 0 Å². The fourth-order valence-corrected chi connectivity index (χ4v) is 1.38. The Kier molecular flexibility index (Phi) is 4.31. The normalized spacial score (nSPS) is 23.5. The Bertz CT molecular complexity index is 196. The molecule has 1 rings (SSSR count). The van der Waals surface area contributed by atoms with Crippen LogP contribution < -0.4 is 0 Å². The summed E-state index contributed by atoms with van der Waals surface area (Å²) in [5, 5.41) is 9.07. The smallest absolute Gasteiger partial charge is 0.236 e. The molecule has 1 amide bonds. The molecule has 1 fully saturated rings. The average molecular weight is 202 g/mol. The summed E-state index contributed by atoms with van der Waals surface area (Å²) in [6.45, 7) is 2.27. The number of aliphatic hydroxyl groups is 1. The van der Waals surface area contributed by atoms with Gasteiger partial charge in [-0.15, -0.1) is 0 Å². The molecule has 1 unspecified atom stereocenters. The summed E-state index contributed by atoms with van der Waals surface area (Å²) in [5.74, 6) is 0.0605. The van der Waals surface area contributed by atoms with E-state index >= 15 is 0 Å². The maximum atomic E-state index is 11.4. The number of amides is 1. The third kappa shape index (κ3) is 2.94. The lowest BCUT2D eigenvalue weighted by Gasteiger charge is -2.34. The van der Waals surface area contributed by atoms with E-state index < -0.39 is 0 Å². The van der Waals surface area contributed by atoms with Crippen molar-refractivity contribution in [1.29, 1.82) is 0 Å². The molecule has 0 saturated carbocycles. The van der Waals surface area contributed by atoms with E-state index in [4.69, 9.17) is 9.84 Å². The first-order valence-electron chi connectivity index (χ1n) is 4.78. The predicted molar refractivity (Wildman–Crippen MR) is 52.0 cm³/mol. The molecule has 5 nitrogen and oxygen atoms in total. The predicted octanol–water partition coefficient (Wildman–Crippen LogP) is -1.23. The molecule has 82 valence electrons. The van der Waals surface area contributed by atoms with Crippen molar-refractivity contribution < 1.29 is 14.6 Å². The number of carbonyl (C=O) groups is 1. The summed E-state index contributed by atoms with van der Waals surface area (Å²) in [6.07, 6.45) is 0. The van der Waals surface area contributed by atoms with E-state index in [0.29, 0.717) is 26.3 Å². The molecule has 5 heteroatoms. The Morgan fingerprint density at radius 3 is 2.93 bits per heavy atom. The number of carbonyl (C=O) groups excluding carboxylic acids is 1. The molecule has 1 N–H and O–H groups in total. The van der Waals surface area contributed by atoms with Crippen LogP contribution in [-0.4, -0.2) is 73.9 Å². The number of hydrogen-bond acceptors (Lipinski definition) is 4. The van der Waals surface area contributed by atoms with Crippen molar-refractivity contribution in [3.8, 4) is 0 Å². The minimum atomic E-state index is -0.0346. The highest BCUT2D eigenvalue weighted by Gasteiger charge is 2.24. The highest BCUT2D eigenvalue weighted by molar-refractivity contribution is 5.77. The maximum Gasteiger partial charge on any atom is 0.236 e. The van der Waals surface area contributed by atoms with Crippen molar-refractivity contribution in [2.45, 2.75) is 6.04 Å². The second kappa shape index (κ2) is 5.29. The quantitative estimate of drug-likeness (QED) is 0.622. The van der Waals surface area contributed by atoms with E-state index in [9.17, 15) is 4.79 Å². The molecule has 0 aromatic carbocycles. The molecular weight excluding hydrogens is 184 g/mol. The summed E-state index contributed by atoms with van der Waals surface area (Å²) in [4.78, 5) is 15.0. The van der Waals surface area contributed by atoms with Gasteiger partial charge in [-0.1, -0.05) is 0 Å². The largest absolute Gasteiger partial charge is 0.395 e. The van der Waals surface area contributed by atoms with Crippen molar-refractivity contribution in [3.63, 3.8) is 0 Å². The zero-order valence-corrected chi connectivity index (χ0v) is 8.77. The van der Waals surface area contributed by atoms with Crippen LogP contribution in [0.25, 0.3) is 0 Å². The molecule has 0 spiro atoms. The van der Waals surface area contributed by atoms with Crippen LogP contribution in [-0.2, 0) is 9.53 Å². The van der Waals surface area contributed by atoms with Crippen molar-refractivity contribution in [3.05, 3.63) is 0 Å². The van der Waals surface area contributed by atoms with Crippen molar-refractivity contribution in [2.75, 3.05) is 47.0 Å². The first-order chi connectivity index (χ1) is 6.65. The molecule has 1 aliphatic heterocycles. The zero-order valence-electron chi connectivity index (χ0n) is 8.77. The number of morpholine rings is 1. The van der Waals surface area contributed by atoms with E-state index in [1.54, 1.807) is 19.0 Å². The minimum Gasteiger partial charge on any atom is -0.395 e. The number of nitrogens with zero attached hydrogens (tertiary/aromatic N) is 2. The average Bonchev–Trinajstić information content (AvgIpc) is 2.18. The number of aliphatic hydroxyl groups excluding tert-OH is 1. The molecule has 0 aliphatic carbocycles. The van der Waals surface area contributed by atoms with Crippen LogP contribution in [0.5, 0.6) is 0 Å². The van der Waals surface area contributed by atoms with Gasteiger partial charge in [-0.05, 0) is 0 Å². The van der Waals surface area contributed by atoms with Gasteiger partial charge < -0.3 is 14.7 Å². The van der Waals surface area contributed by atoms with Crippen LogP contribution in [0.3, 0.4) is 0 Å². The number of likely N-dealkylation sites (N-methyl/N-ethyl adjacent to an activating group) is 1. The Balaban J connectivity index is 2.44. The van der Waals surface area contributed by atoms with Gasteiger partial charge in [0.05, 0.1) is 32.4 Å². The first-order valence-corrected chi connectivity index (χ1v) is 4.78. The summed E-state index contributed by atoms with van der Waals surface area (Å²) >= 11 is 0. The Morgan fingerprint density at radius 1 is 1.64 bits per heavy atom. The first kappa shape index (κ1) is 11.4. The van der Waals surface area contributed by atoms with E-state index in [-0.39, 0.29) is 18.6 Å². The van der Waals surface area contributed by atoms with Gasteiger partial charge in [-0.3, -0.25) is 9.69 Å². The molecular formula is C9H18N2O3. The van der Waals surface area contributed by atoms with Crippen LogP contribution in [0.1, 0.15) is 0 Å². The summed E-state index contributed by atoms with van der Waals surface area (Å²) in [5.41, 5.74) is 0. The summed E-state index contributed by atoms with van der Waals surface area (Å²) in [7, 11) is 3.47. The van der Waals surface area contributed by atoms with Crippen LogP contribution in [0.15, 0.2) is 0 Å². The van der Waals surface area contributed by atoms with Gasteiger partial charge in [0.15, 0.2) is 0 Å². The van der Waals surface area contributed by atoms with Gasteiger partial charge in [0, 0.05) is 20.6 Å². The summed E-state index contributed by atoms with van der Waals surface area (Å²) in [6, 6.07) is -0.0346. The van der Waals surface area contributed by atoms with Crippen molar-refractivity contribution >= 4 is 5.91 Å². The topological polar surface area (TPSA) is 53.0 Å². The highest BCUT2D eigenvalue weighted by Crippen LogP contribution is 2.05. The van der Waals surface area contributed by atoms with E-state index in [0.717, 1.165) is 0 Å². The Labute approximate surface area is 84.2 Å². The van der Waals surface area contributed by atoms with Gasteiger partial charge in [0.2, 0.25) is 5.91 Å². The second-order valence-corrected chi connectivity index (χ2v) is 3.67. The lowest BCUT2D eigenvalue weighted by molar-refractivity contribution is -0.132. The molecule has 14 heavy (non-hydrogen) atoms. The molecule has 1 aliphatic rings. The van der Waals surface area contributed by atoms with Crippen LogP contribution >= 0.6 is 0 Å². The van der Waals surface area contributed by atoms with Gasteiger partial charge in [-0.25, -0.2) is 0 Å². The zero-order chi connectivity index (χ0) is 10.6. The van der Waals surface area contributed by atoms with Gasteiger partial charge >= 0.3 is 0 Å². The lowest BCUT2D eigenvalue weighted by atomic mass is 10.2. The number of rotatable bonds is 3. The third-order valence-electron chi connectivity index (χ3n) is 2.40. The number of hydrogen-bond donors (Lipinski definition) is 1. The Morgan fingerprint density at radius 2 is 2.36 bits per heavy atom. The van der Waals surface area contributed by atoms with Crippen LogP contribution in [0.2, 0.25) is 0 Å². The van der Waals surface area contributed by atoms with E-state index in [2.05, 4.69) is 0 Å². The highest BCUT2D eigenvalue weighted by atomic mass is 16.5. The fraction of sp³-hybridized carbons (Fsp3) is 0.889. The van der Waals surface area contributed by atoms with Gasteiger partial charge in [0.1, 0.15) is 0 Å². The SMILES string of the molecule is CN(C)C(=O)CN1CCOCC1CO. The second-order valence-electron chi connectivity index (χ2n) is 3.67. The molecule has 0 bridgehead atoms. The standard InChI is InChI=1S/C9H18N2O3/c1-10(2)9(13)5-11-3-4-14-7-8(11)6-12/h8,12H,3-7H2,1-2H3. The van der Waals surface area contributed by atoms with E-state index in [1.807, 2.05) is 4.90 Å². The van der Waals surface area contributed by atoms with Gasteiger partial charge in [-0.2, -0.15) is 0 Å². The summed E-state index contributed by atoms with van der Waals surface area (Å²) < 4.78 is 5.22. The van der Waals surface area contributed by atoms with E-state index in [1.165, 1.54) is 0 Å². The molecule has 1 atom stereocenters.